The third kappa shape index (κ3) is 4.74. The van der Waals surface area contributed by atoms with Crippen LogP contribution in [0.25, 0.3) is 0 Å². The topological polar surface area (TPSA) is 140 Å². The van der Waals surface area contributed by atoms with Crippen LogP contribution in [-0.2, 0) is 24.7 Å². The van der Waals surface area contributed by atoms with Crippen molar-refractivity contribution in [1.29, 1.82) is 5.26 Å². The van der Waals surface area contributed by atoms with Gasteiger partial charge in [-0.05, 0) is 26.2 Å². The lowest BCUT2D eigenvalue weighted by molar-refractivity contribution is -0.175. The molecule has 196 valence electrons. The first-order chi connectivity index (χ1) is 16.6. The molecule has 2 aliphatic heterocycles. The molecule has 0 aliphatic carbocycles. The van der Waals surface area contributed by atoms with Gasteiger partial charge in [0.25, 0.3) is 5.91 Å². The fraction of sp³-hybridized carbons (Fsp3) is 0.636. The number of nitriles is 1. The van der Waals surface area contributed by atoms with Crippen LogP contribution < -0.4 is 10.6 Å². The van der Waals surface area contributed by atoms with E-state index in [0.29, 0.717) is 11.5 Å². The van der Waals surface area contributed by atoms with Crippen LogP contribution in [0, 0.1) is 24.2 Å². The van der Waals surface area contributed by atoms with Crippen LogP contribution in [0.3, 0.4) is 0 Å². The van der Waals surface area contributed by atoms with Gasteiger partial charge in [-0.1, -0.05) is 13.8 Å². The number of carbonyl (C=O) groups is 4. The van der Waals surface area contributed by atoms with Crippen molar-refractivity contribution in [3.63, 3.8) is 0 Å². The summed E-state index contributed by atoms with van der Waals surface area (Å²) in [5, 5.41) is 18.5. The summed E-state index contributed by atoms with van der Waals surface area (Å²) in [5.74, 6) is -3.87. The van der Waals surface area contributed by atoms with Crippen molar-refractivity contribution >= 4 is 29.4 Å². The zero-order chi connectivity index (χ0) is 27.2. The molecule has 1 aromatic heterocycles. The summed E-state index contributed by atoms with van der Waals surface area (Å²) in [5.41, 5.74) is -0.654. The van der Waals surface area contributed by atoms with Crippen LogP contribution in [-0.4, -0.2) is 81.1 Å². The lowest BCUT2D eigenvalue weighted by atomic mass is 9.96. The van der Waals surface area contributed by atoms with Crippen LogP contribution >= 0.6 is 0 Å². The second-order valence-electron chi connectivity index (χ2n) is 9.67. The highest BCUT2D eigenvalue weighted by Gasteiger charge is 2.58. The van der Waals surface area contributed by atoms with Crippen LogP contribution in [0.5, 0.6) is 0 Å². The standard InChI is InChI=1S/C22H28F3N7O4/c1-11(2)6-15(30(5)17(33)13(4)27-20(36)22(23,24)25)18(34)31-10-21(8-14(31)9-26)19(35)28-16-7-12(3)29-32(16)21/h7,11,13-15H,6,8,10H2,1-5H3,(H,27,36)(H,28,35)/t13-,14-,15-,21+/m0/s1. The minimum Gasteiger partial charge on any atom is -0.337 e. The average Bonchev–Trinajstić information content (AvgIpc) is 3.42. The third-order valence-corrected chi connectivity index (χ3v) is 6.44. The Balaban J connectivity index is 1.87. The molecule has 1 aromatic rings. The van der Waals surface area contributed by atoms with E-state index < -0.39 is 53.5 Å². The molecule has 0 bridgehead atoms. The predicted octanol–water partition coefficient (Wildman–Crippen LogP) is 0.904. The average molecular weight is 512 g/mol. The summed E-state index contributed by atoms with van der Waals surface area (Å²) < 4.78 is 39.4. The molecule has 0 aromatic carbocycles. The molecule has 0 radical (unpaired) electrons. The Bertz CT molecular complexity index is 1130. The number of hydrogen-bond donors (Lipinski definition) is 2. The molecule has 11 nitrogen and oxygen atoms in total. The minimum absolute atomic E-state index is 0.0146. The monoisotopic (exact) mass is 511 g/mol. The minimum atomic E-state index is -5.17. The number of hydrogen-bond acceptors (Lipinski definition) is 6. The quantitative estimate of drug-likeness (QED) is 0.582. The van der Waals surface area contributed by atoms with Crippen molar-refractivity contribution in [2.75, 3.05) is 18.9 Å². The van der Waals surface area contributed by atoms with E-state index in [1.807, 2.05) is 6.07 Å². The lowest BCUT2D eigenvalue weighted by Crippen LogP contribution is -2.56. The first-order valence-electron chi connectivity index (χ1n) is 11.4. The molecule has 2 N–H and O–H groups in total. The van der Waals surface area contributed by atoms with E-state index in [2.05, 4.69) is 10.4 Å². The molecular weight excluding hydrogens is 483 g/mol. The van der Waals surface area contributed by atoms with Crippen molar-refractivity contribution in [2.24, 2.45) is 5.92 Å². The van der Waals surface area contributed by atoms with E-state index >= 15 is 0 Å². The molecular formula is C22H28F3N7O4. The summed E-state index contributed by atoms with van der Waals surface area (Å²) >= 11 is 0. The second kappa shape index (κ2) is 9.44. The molecule has 1 spiro atoms. The normalized spacial score (nSPS) is 22.7. The summed E-state index contributed by atoms with van der Waals surface area (Å²) in [6.07, 6.45) is -5.05. The van der Waals surface area contributed by atoms with Gasteiger partial charge in [0.05, 0.1) is 18.3 Å². The van der Waals surface area contributed by atoms with Crippen molar-refractivity contribution in [3.8, 4) is 6.07 Å². The van der Waals surface area contributed by atoms with E-state index in [4.69, 9.17) is 0 Å². The summed E-state index contributed by atoms with van der Waals surface area (Å²) in [6, 6.07) is 0.0151. The number of aryl methyl sites for hydroxylation is 1. The Morgan fingerprint density at radius 1 is 1.36 bits per heavy atom. The van der Waals surface area contributed by atoms with Crippen molar-refractivity contribution < 1.29 is 32.3 Å². The number of alkyl halides is 3. The van der Waals surface area contributed by atoms with E-state index in [0.717, 1.165) is 11.8 Å². The number of amides is 4. The highest BCUT2D eigenvalue weighted by molar-refractivity contribution is 6.01. The lowest BCUT2D eigenvalue weighted by Gasteiger charge is -2.34. The van der Waals surface area contributed by atoms with Crippen LogP contribution in [0.4, 0.5) is 19.0 Å². The van der Waals surface area contributed by atoms with Gasteiger partial charge in [-0.2, -0.15) is 23.5 Å². The van der Waals surface area contributed by atoms with Crippen LogP contribution in [0.15, 0.2) is 6.07 Å². The Morgan fingerprint density at radius 3 is 2.56 bits per heavy atom. The number of rotatable bonds is 6. The number of fused-ring (bicyclic) bond motifs is 2. The number of carbonyl (C=O) groups excluding carboxylic acids is 4. The van der Waals surface area contributed by atoms with Crippen molar-refractivity contribution in [1.82, 2.24) is 24.9 Å². The maximum absolute atomic E-state index is 13.7. The summed E-state index contributed by atoms with van der Waals surface area (Å²) in [4.78, 5) is 53.0. The molecule has 14 heteroatoms. The molecule has 1 fully saturated rings. The molecule has 36 heavy (non-hydrogen) atoms. The maximum Gasteiger partial charge on any atom is 0.471 e. The van der Waals surface area contributed by atoms with Gasteiger partial charge < -0.3 is 20.4 Å². The predicted molar refractivity (Wildman–Crippen MR) is 119 cm³/mol. The van der Waals surface area contributed by atoms with Crippen molar-refractivity contribution in [2.45, 2.75) is 70.4 Å². The molecule has 3 heterocycles. The molecule has 0 saturated carbocycles. The van der Waals surface area contributed by atoms with Gasteiger partial charge >= 0.3 is 12.1 Å². The molecule has 3 rings (SSSR count). The second-order valence-corrected chi connectivity index (χ2v) is 9.67. The van der Waals surface area contributed by atoms with Gasteiger partial charge in [0, 0.05) is 19.5 Å². The third-order valence-electron chi connectivity index (χ3n) is 6.44. The van der Waals surface area contributed by atoms with Crippen LogP contribution in [0.2, 0.25) is 0 Å². The molecule has 2 aliphatic rings. The number of nitrogens with one attached hydrogen (secondary N) is 2. The van der Waals surface area contributed by atoms with Gasteiger partial charge in [-0.15, -0.1) is 0 Å². The number of halogens is 3. The number of aromatic nitrogens is 2. The molecule has 0 unspecified atom stereocenters. The number of likely N-dealkylation sites (N-methyl/N-ethyl adjacent to an activating group) is 1. The molecule has 4 atom stereocenters. The SMILES string of the molecule is Cc1cc2n(n1)[C@@]1(C[C@@H](C#N)N(C(=O)[C@H](CC(C)C)N(C)C(=O)[C@H](C)NC(=O)C(F)(F)F)C1)C(=O)N2. The maximum atomic E-state index is 13.7. The first kappa shape index (κ1) is 27.0. The zero-order valence-electron chi connectivity index (χ0n) is 20.5. The Kier molecular flexibility index (Phi) is 7.07. The van der Waals surface area contributed by atoms with E-state index in [9.17, 15) is 37.6 Å². The Morgan fingerprint density at radius 2 is 2.00 bits per heavy atom. The molecule has 1 saturated heterocycles. The van der Waals surface area contributed by atoms with Crippen molar-refractivity contribution in [3.05, 3.63) is 11.8 Å². The highest BCUT2D eigenvalue weighted by Crippen LogP contribution is 2.41. The first-order valence-corrected chi connectivity index (χ1v) is 11.4. The van der Waals surface area contributed by atoms with E-state index in [1.165, 1.54) is 16.6 Å². The summed E-state index contributed by atoms with van der Waals surface area (Å²) in [6.45, 7) is 6.25. The Hall–Kier alpha value is -3.63. The van der Waals surface area contributed by atoms with Crippen LogP contribution in [0.1, 0.15) is 39.3 Å². The van der Waals surface area contributed by atoms with Gasteiger partial charge in [-0.25, -0.2) is 4.68 Å². The largest absolute Gasteiger partial charge is 0.471 e. The summed E-state index contributed by atoms with van der Waals surface area (Å²) in [7, 11) is 1.26. The van der Waals surface area contributed by atoms with E-state index in [1.54, 1.807) is 32.2 Å². The fourth-order valence-corrected chi connectivity index (χ4v) is 4.66. The van der Waals surface area contributed by atoms with Gasteiger partial charge in [0.2, 0.25) is 11.8 Å². The van der Waals surface area contributed by atoms with Gasteiger partial charge in [0.15, 0.2) is 5.54 Å². The van der Waals surface area contributed by atoms with Gasteiger partial charge in [0.1, 0.15) is 23.9 Å². The number of anilines is 1. The number of nitrogens with zero attached hydrogens (tertiary/aromatic N) is 5. The fourth-order valence-electron chi connectivity index (χ4n) is 4.66. The van der Waals surface area contributed by atoms with Gasteiger partial charge in [-0.3, -0.25) is 19.2 Å². The smallest absolute Gasteiger partial charge is 0.337 e. The number of likely N-dealkylation sites (tertiary alicyclic amines) is 1. The zero-order valence-corrected chi connectivity index (χ0v) is 20.5. The Labute approximate surface area is 205 Å². The highest BCUT2D eigenvalue weighted by atomic mass is 19.4. The van der Waals surface area contributed by atoms with E-state index in [-0.39, 0.29) is 25.3 Å². The molecule has 4 amide bonds.